The number of carboxylic acid groups (broad SMARTS) is 1. The maximum atomic E-state index is 13.5. The first-order chi connectivity index (χ1) is 7.92. The van der Waals surface area contributed by atoms with Crippen LogP contribution in [0.15, 0.2) is 18.2 Å². The van der Waals surface area contributed by atoms with Crippen LogP contribution in [0, 0.1) is 5.82 Å². The van der Waals surface area contributed by atoms with Gasteiger partial charge in [0.05, 0.1) is 13.5 Å². The van der Waals surface area contributed by atoms with Crippen molar-refractivity contribution in [1.29, 1.82) is 0 Å². The second-order valence-corrected chi connectivity index (χ2v) is 4.18. The zero-order chi connectivity index (χ0) is 13.1. The summed E-state index contributed by atoms with van der Waals surface area (Å²) < 4.78 is 18.3. The van der Waals surface area contributed by atoms with E-state index in [1.165, 1.54) is 19.2 Å². The molecule has 0 bridgehead atoms. The molecule has 0 aliphatic heterocycles. The summed E-state index contributed by atoms with van der Waals surface area (Å²) in [4.78, 5) is 10.8. The second kappa shape index (κ2) is 5.14. The van der Waals surface area contributed by atoms with Crippen molar-refractivity contribution in [3.05, 3.63) is 29.6 Å². The molecular weight excluding hydrogens is 225 g/mol. The highest BCUT2D eigenvalue weighted by Gasteiger charge is 2.29. The summed E-state index contributed by atoms with van der Waals surface area (Å²) in [7, 11) is 1.37. The first-order valence-electron chi connectivity index (χ1n) is 5.19. The van der Waals surface area contributed by atoms with Crippen LogP contribution in [0.25, 0.3) is 0 Å². The van der Waals surface area contributed by atoms with E-state index in [0.29, 0.717) is 5.56 Å². The Hall–Kier alpha value is -1.62. The number of carboxylic acids is 1. The van der Waals surface area contributed by atoms with Gasteiger partial charge in [-0.2, -0.15) is 0 Å². The zero-order valence-electron chi connectivity index (χ0n) is 9.87. The van der Waals surface area contributed by atoms with Gasteiger partial charge in [0, 0.05) is 12.0 Å². The molecule has 0 spiro atoms. The largest absolute Gasteiger partial charge is 0.494 e. The van der Waals surface area contributed by atoms with E-state index in [9.17, 15) is 9.18 Å². The van der Waals surface area contributed by atoms with Crippen LogP contribution in [0.5, 0.6) is 5.75 Å². The van der Waals surface area contributed by atoms with Crippen molar-refractivity contribution >= 4 is 5.97 Å². The number of nitrogens with two attached hydrogens (primary N) is 1. The number of methoxy groups -OCH3 is 1. The fraction of sp³-hybridized carbons (Fsp3) is 0.417. The molecule has 1 aromatic carbocycles. The number of carbonyl (C=O) groups is 1. The normalized spacial score (nSPS) is 14.1. The monoisotopic (exact) mass is 241 g/mol. The first kappa shape index (κ1) is 13.4. The summed E-state index contributed by atoms with van der Waals surface area (Å²) >= 11 is 0. The van der Waals surface area contributed by atoms with Gasteiger partial charge in [-0.3, -0.25) is 4.79 Å². The Morgan fingerprint density at radius 1 is 1.59 bits per heavy atom. The van der Waals surface area contributed by atoms with Gasteiger partial charge in [0.1, 0.15) is 0 Å². The Morgan fingerprint density at radius 2 is 2.24 bits per heavy atom. The molecule has 1 atom stereocenters. The molecule has 0 fully saturated rings. The van der Waals surface area contributed by atoms with E-state index in [0.717, 1.165) is 0 Å². The molecular formula is C12H16FNO3. The number of ether oxygens (including phenoxy) is 1. The van der Waals surface area contributed by atoms with Gasteiger partial charge in [0.15, 0.2) is 11.6 Å². The van der Waals surface area contributed by atoms with Crippen LogP contribution in [0.4, 0.5) is 4.39 Å². The van der Waals surface area contributed by atoms with Gasteiger partial charge >= 0.3 is 5.97 Å². The predicted molar refractivity (Wildman–Crippen MR) is 61.6 cm³/mol. The van der Waals surface area contributed by atoms with E-state index >= 15 is 0 Å². The van der Waals surface area contributed by atoms with Crippen LogP contribution in [0.3, 0.4) is 0 Å². The molecule has 3 N–H and O–H groups in total. The molecule has 0 aliphatic rings. The van der Waals surface area contributed by atoms with Crippen molar-refractivity contribution in [2.75, 3.05) is 13.7 Å². The summed E-state index contributed by atoms with van der Waals surface area (Å²) in [5.74, 6) is -1.35. The molecule has 0 aromatic heterocycles. The SMILES string of the molecule is COc1ccc(C(C)(CN)CC(=O)O)cc1F. The second-order valence-electron chi connectivity index (χ2n) is 4.18. The summed E-state index contributed by atoms with van der Waals surface area (Å²) in [5, 5.41) is 8.84. The summed E-state index contributed by atoms with van der Waals surface area (Å²) in [6.45, 7) is 1.83. The average Bonchev–Trinajstić information content (AvgIpc) is 2.27. The maximum absolute atomic E-state index is 13.5. The van der Waals surface area contributed by atoms with Crippen LogP contribution in [-0.4, -0.2) is 24.7 Å². The van der Waals surface area contributed by atoms with E-state index in [2.05, 4.69) is 0 Å². The third kappa shape index (κ3) is 2.94. The minimum atomic E-state index is -0.964. The third-order valence-corrected chi connectivity index (χ3v) is 2.84. The third-order valence-electron chi connectivity index (χ3n) is 2.84. The molecule has 0 aliphatic carbocycles. The lowest BCUT2D eigenvalue weighted by atomic mass is 9.79. The minimum absolute atomic E-state index is 0.128. The van der Waals surface area contributed by atoms with Crippen LogP contribution < -0.4 is 10.5 Å². The van der Waals surface area contributed by atoms with E-state index in [4.69, 9.17) is 15.6 Å². The van der Waals surface area contributed by atoms with E-state index in [1.807, 2.05) is 0 Å². The molecule has 5 heteroatoms. The Balaban J connectivity index is 3.12. The summed E-state index contributed by atoms with van der Waals surface area (Å²) in [6.07, 6.45) is -0.144. The smallest absolute Gasteiger partial charge is 0.304 e. The van der Waals surface area contributed by atoms with Crippen molar-refractivity contribution < 1.29 is 19.0 Å². The van der Waals surface area contributed by atoms with Crippen molar-refractivity contribution in [2.45, 2.75) is 18.8 Å². The van der Waals surface area contributed by atoms with Crippen LogP contribution in [-0.2, 0) is 10.2 Å². The molecule has 4 nitrogen and oxygen atoms in total. The van der Waals surface area contributed by atoms with E-state index < -0.39 is 17.2 Å². The zero-order valence-corrected chi connectivity index (χ0v) is 9.87. The summed E-state index contributed by atoms with van der Waals surface area (Å²) in [6, 6.07) is 4.38. The quantitative estimate of drug-likeness (QED) is 0.819. The topological polar surface area (TPSA) is 72.5 Å². The molecule has 17 heavy (non-hydrogen) atoms. The Labute approximate surface area is 99.2 Å². The molecule has 0 saturated heterocycles. The lowest BCUT2D eigenvalue weighted by Gasteiger charge is -2.26. The van der Waals surface area contributed by atoms with E-state index in [-0.39, 0.29) is 18.7 Å². The number of halogens is 1. The first-order valence-corrected chi connectivity index (χ1v) is 5.19. The number of rotatable bonds is 5. The standard InChI is InChI=1S/C12H16FNO3/c1-12(7-14,6-11(15)16)8-3-4-10(17-2)9(13)5-8/h3-5H,6-7,14H2,1-2H3,(H,15,16). The van der Waals surface area contributed by atoms with Crippen molar-refractivity contribution in [3.8, 4) is 5.75 Å². The van der Waals surface area contributed by atoms with Gasteiger partial charge in [-0.15, -0.1) is 0 Å². The minimum Gasteiger partial charge on any atom is -0.494 e. The molecule has 0 radical (unpaired) electrons. The van der Waals surface area contributed by atoms with Gasteiger partial charge in [-0.1, -0.05) is 13.0 Å². The molecule has 1 aromatic rings. The fourth-order valence-corrected chi connectivity index (χ4v) is 1.67. The molecule has 1 rings (SSSR count). The predicted octanol–water partition coefficient (Wildman–Crippen LogP) is 1.53. The van der Waals surface area contributed by atoms with Crippen molar-refractivity contribution in [3.63, 3.8) is 0 Å². The molecule has 94 valence electrons. The van der Waals surface area contributed by atoms with Gasteiger partial charge < -0.3 is 15.6 Å². The Morgan fingerprint density at radius 3 is 2.65 bits per heavy atom. The van der Waals surface area contributed by atoms with Gasteiger partial charge in [-0.25, -0.2) is 4.39 Å². The average molecular weight is 241 g/mol. The number of hydrogen-bond donors (Lipinski definition) is 2. The van der Waals surface area contributed by atoms with Gasteiger partial charge in [0.2, 0.25) is 0 Å². The molecule has 0 heterocycles. The Kier molecular flexibility index (Phi) is 4.07. The maximum Gasteiger partial charge on any atom is 0.304 e. The van der Waals surface area contributed by atoms with Crippen LogP contribution >= 0.6 is 0 Å². The number of aliphatic carboxylic acids is 1. The highest BCUT2D eigenvalue weighted by Crippen LogP contribution is 2.29. The Bertz CT molecular complexity index is 422. The van der Waals surface area contributed by atoms with Crippen LogP contribution in [0.2, 0.25) is 0 Å². The van der Waals surface area contributed by atoms with Gasteiger partial charge in [0.25, 0.3) is 0 Å². The van der Waals surface area contributed by atoms with Crippen molar-refractivity contribution in [2.24, 2.45) is 5.73 Å². The molecule has 1 unspecified atom stereocenters. The molecule has 0 saturated carbocycles. The van der Waals surface area contributed by atoms with E-state index in [1.54, 1.807) is 13.0 Å². The lowest BCUT2D eigenvalue weighted by molar-refractivity contribution is -0.138. The fourth-order valence-electron chi connectivity index (χ4n) is 1.67. The van der Waals surface area contributed by atoms with Crippen molar-refractivity contribution in [1.82, 2.24) is 0 Å². The lowest BCUT2D eigenvalue weighted by Crippen LogP contribution is -2.34. The summed E-state index contributed by atoms with van der Waals surface area (Å²) in [5.41, 5.74) is 5.37. The molecule has 0 amide bonds. The number of hydrogen-bond acceptors (Lipinski definition) is 3. The van der Waals surface area contributed by atoms with Crippen LogP contribution in [0.1, 0.15) is 18.9 Å². The number of benzene rings is 1. The highest BCUT2D eigenvalue weighted by atomic mass is 19.1. The van der Waals surface area contributed by atoms with Gasteiger partial charge in [-0.05, 0) is 17.7 Å². The highest BCUT2D eigenvalue weighted by molar-refractivity contribution is 5.69.